The lowest BCUT2D eigenvalue weighted by Crippen LogP contribution is -2.22. The molecule has 0 aliphatic heterocycles. The highest BCUT2D eigenvalue weighted by Gasteiger charge is 2.16. The van der Waals surface area contributed by atoms with E-state index in [1.165, 1.54) is 22.6 Å². The minimum atomic E-state index is -0.390. The lowest BCUT2D eigenvalue weighted by atomic mass is 10.0. The summed E-state index contributed by atoms with van der Waals surface area (Å²) < 4.78 is 14.4. The molecule has 0 spiro atoms. The Balaban J connectivity index is 1.58. The van der Waals surface area contributed by atoms with Gasteiger partial charge in [0.1, 0.15) is 11.5 Å². The summed E-state index contributed by atoms with van der Waals surface area (Å²) in [5.41, 5.74) is 10.0. The molecule has 0 unspecified atom stereocenters. The van der Waals surface area contributed by atoms with E-state index in [4.69, 9.17) is 5.73 Å². The Hall–Kier alpha value is -3.40. The minimum Gasteiger partial charge on any atom is -0.369 e. The summed E-state index contributed by atoms with van der Waals surface area (Å²) in [5, 5.41) is 7.26. The van der Waals surface area contributed by atoms with Gasteiger partial charge in [0.05, 0.1) is 0 Å². The smallest absolute Gasteiger partial charge is 0.198 e. The number of rotatable bonds is 2. The van der Waals surface area contributed by atoms with E-state index in [-0.39, 0.29) is 17.5 Å². The standard InChI is InChI=1S/C23H18FN3/c24-19-12-10-14-4-1-2-6-17(14)22(19)27-23(25)26-20-13-11-16-9-8-15-5-3-7-18(20)21(15)16/h1-7,10-13H,8-9H2,(H3,25,26,27). The van der Waals surface area contributed by atoms with E-state index in [0.29, 0.717) is 0 Å². The molecule has 0 saturated heterocycles. The number of halogens is 1. The first-order valence-corrected chi connectivity index (χ1v) is 9.02. The Kier molecular flexibility index (Phi) is 3.57. The second kappa shape index (κ2) is 6.09. The summed E-state index contributed by atoms with van der Waals surface area (Å²) in [6, 6.07) is 21.2. The number of hydrogen-bond donors (Lipinski definition) is 2. The van der Waals surface area contributed by atoms with Crippen molar-refractivity contribution in [3.05, 3.63) is 83.7 Å². The number of nitrogens with two attached hydrogens (primary N) is 1. The third kappa shape index (κ3) is 2.61. The van der Waals surface area contributed by atoms with Crippen LogP contribution in [0.1, 0.15) is 11.1 Å². The van der Waals surface area contributed by atoms with Crippen LogP contribution < -0.4 is 11.1 Å². The highest BCUT2D eigenvalue weighted by molar-refractivity contribution is 6.07. The van der Waals surface area contributed by atoms with Crippen LogP contribution in [0, 0.1) is 5.82 Å². The molecule has 27 heavy (non-hydrogen) atoms. The number of benzene rings is 4. The van der Waals surface area contributed by atoms with E-state index in [1.807, 2.05) is 30.3 Å². The number of guanidine groups is 1. The average Bonchev–Trinajstić information content (AvgIpc) is 3.11. The summed E-state index contributed by atoms with van der Waals surface area (Å²) in [6.45, 7) is 0. The van der Waals surface area contributed by atoms with Crippen molar-refractivity contribution >= 4 is 38.9 Å². The summed E-state index contributed by atoms with van der Waals surface area (Å²) in [4.78, 5) is 4.36. The number of aliphatic imine (C=N–C) groups is 1. The topological polar surface area (TPSA) is 50.4 Å². The van der Waals surface area contributed by atoms with Crippen molar-refractivity contribution < 1.29 is 4.39 Å². The van der Waals surface area contributed by atoms with E-state index >= 15 is 0 Å². The van der Waals surface area contributed by atoms with E-state index < -0.39 is 0 Å². The van der Waals surface area contributed by atoms with Crippen molar-refractivity contribution in [2.75, 3.05) is 5.32 Å². The SMILES string of the molecule is NC(=Nc1c(F)ccc2ccccc12)Nc1ccc2c3c(cccc13)CC2. The maximum absolute atomic E-state index is 14.4. The highest BCUT2D eigenvalue weighted by Crippen LogP contribution is 2.35. The van der Waals surface area contributed by atoms with Gasteiger partial charge in [0.15, 0.2) is 5.96 Å². The van der Waals surface area contributed by atoms with Crippen molar-refractivity contribution in [1.29, 1.82) is 0 Å². The van der Waals surface area contributed by atoms with Gasteiger partial charge in [-0.2, -0.15) is 0 Å². The maximum Gasteiger partial charge on any atom is 0.198 e. The Morgan fingerprint density at radius 1 is 0.852 bits per heavy atom. The fourth-order valence-corrected chi connectivity index (χ4v) is 3.98. The number of nitrogens with zero attached hydrogens (tertiary/aromatic N) is 1. The summed E-state index contributed by atoms with van der Waals surface area (Å²) in [7, 11) is 0. The third-order valence-electron chi connectivity index (χ3n) is 5.22. The number of hydrogen-bond acceptors (Lipinski definition) is 1. The molecule has 132 valence electrons. The maximum atomic E-state index is 14.4. The molecule has 0 atom stereocenters. The molecule has 4 aromatic rings. The van der Waals surface area contributed by atoms with Crippen LogP contribution in [0.4, 0.5) is 15.8 Å². The Morgan fingerprint density at radius 3 is 2.52 bits per heavy atom. The van der Waals surface area contributed by atoms with Crippen LogP contribution in [0.3, 0.4) is 0 Å². The zero-order chi connectivity index (χ0) is 18.4. The second-order valence-electron chi connectivity index (χ2n) is 6.85. The largest absolute Gasteiger partial charge is 0.369 e. The highest BCUT2D eigenvalue weighted by atomic mass is 19.1. The molecule has 3 N–H and O–H groups in total. The Bertz CT molecular complexity index is 1220. The molecule has 0 bridgehead atoms. The van der Waals surface area contributed by atoms with Gasteiger partial charge in [-0.15, -0.1) is 0 Å². The van der Waals surface area contributed by atoms with Gasteiger partial charge in [-0.1, -0.05) is 54.6 Å². The van der Waals surface area contributed by atoms with Crippen LogP contribution in [-0.4, -0.2) is 5.96 Å². The van der Waals surface area contributed by atoms with E-state index in [9.17, 15) is 4.39 Å². The van der Waals surface area contributed by atoms with Gasteiger partial charge in [-0.25, -0.2) is 9.38 Å². The van der Waals surface area contributed by atoms with Crippen molar-refractivity contribution in [3.8, 4) is 0 Å². The molecule has 4 heteroatoms. The number of anilines is 1. The molecule has 0 saturated carbocycles. The van der Waals surface area contributed by atoms with Crippen LogP contribution in [0.2, 0.25) is 0 Å². The average molecular weight is 355 g/mol. The lowest BCUT2D eigenvalue weighted by molar-refractivity contribution is 0.631. The Labute approximate surface area is 156 Å². The quantitative estimate of drug-likeness (QED) is 0.379. The fraction of sp³-hybridized carbons (Fsp3) is 0.0870. The lowest BCUT2D eigenvalue weighted by Gasteiger charge is -2.11. The molecule has 1 aliphatic carbocycles. The van der Waals surface area contributed by atoms with Gasteiger partial charge in [0.25, 0.3) is 0 Å². The first kappa shape index (κ1) is 15.8. The van der Waals surface area contributed by atoms with Crippen LogP contribution in [0.5, 0.6) is 0 Å². The van der Waals surface area contributed by atoms with E-state index in [0.717, 1.165) is 34.7 Å². The first-order chi connectivity index (χ1) is 13.2. The van der Waals surface area contributed by atoms with Crippen LogP contribution >= 0.6 is 0 Å². The Morgan fingerprint density at radius 2 is 1.63 bits per heavy atom. The molecular formula is C23H18FN3. The molecule has 1 aliphatic rings. The van der Waals surface area contributed by atoms with Crippen LogP contribution in [-0.2, 0) is 12.8 Å². The van der Waals surface area contributed by atoms with Crippen molar-refractivity contribution in [3.63, 3.8) is 0 Å². The zero-order valence-corrected chi connectivity index (χ0v) is 14.7. The van der Waals surface area contributed by atoms with Gasteiger partial charge in [-0.3, -0.25) is 0 Å². The predicted octanol–water partition coefficient (Wildman–Crippen LogP) is 5.29. The van der Waals surface area contributed by atoms with Crippen LogP contribution in [0.15, 0.2) is 71.7 Å². The monoisotopic (exact) mass is 355 g/mol. The molecule has 4 aromatic carbocycles. The molecule has 3 nitrogen and oxygen atoms in total. The van der Waals surface area contributed by atoms with Crippen LogP contribution in [0.25, 0.3) is 21.5 Å². The van der Waals surface area contributed by atoms with Gasteiger partial charge in [-0.05, 0) is 46.9 Å². The zero-order valence-electron chi connectivity index (χ0n) is 14.7. The van der Waals surface area contributed by atoms with E-state index in [2.05, 4.69) is 34.6 Å². The number of fused-ring (bicyclic) bond motifs is 1. The molecule has 0 radical (unpaired) electrons. The number of aryl methyl sites for hydroxylation is 2. The van der Waals surface area contributed by atoms with Gasteiger partial charge >= 0.3 is 0 Å². The van der Waals surface area contributed by atoms with Crippen molar-refractivity contribution in [2.45, 2.75) is 12.8 Å². The summed E-state index contributed by atoms with van der Waals surface area (Å²) >= 11 is 0. The van der Waals surface area contributed by atoms with Crippen molar-refractivity contribution in [1.82, 2.24) is 0 Å². The normalized spacial score (nSPS) is 13.4. The summed E-state index contributed by atoms with van der Waals surface area (Å²) in [6.07, 6.45) is 2.14. The molecule has 0 heterocycles. The van der Waals surface area contributed by atoms with Gasteiger partial charge < -0.3 is 11.1 Å². The first-order valence-electron chi connectivity index (χ1n) is 9.02. The molecule has 0 aromatic heterocycles. The van der Waals surface area contributed by atoms with Crippen molar-refractivity contribution in [2.24, 2.45) is 10.7 Å². The molecule has 5 rings (SSSR count). The fourth-order valence-electron chi connectivity index (χ4n) is 3.98. The summed E-state index contributed by atoms with van der Waals surface area (Å²) in [5.74, 6) is -0.220. The number of nitrogens with one attached hydrogen (secondary N) is 1. The second-order valence-corrected chi connectivity index (χ2v) is 6.85. The molecule has 0 amide bonds. The third-order valence-corrected chi connectivity index (χ3v) is 5.22. The molecular weight excluding hydrogens is 337 g/mol. The predicted molar refractivity (Wildman–Crippen MR) is 110 cm³/mol. The van der Waals surface area contributed by atoms with E-state index in [1.54, 1.807) is 6.07 Å². The molecule has 0 fully saturated rings. The van der Waals surface area contributed by atoms with Gasteiger partial charge in [0, 0.05) is 16.5 Å². The van der Waals surface area contributed by atoms with Gasteiger partial charge in [0.2, 0.25) is 0 Å². The minimum absolute atomic E-state index is 0.170.